The smallest absolute Gasteiger partial charge is 0.396 e. The number of nitriles is 1. The molecular weight excluding hydrogens is 431 g/mol. The largest absolute Gasteiger partial charge is 0.417 e. The van der Waals surface area contributed by atoms with Gasteiger partial charge in [0.1, 0.15) is 0 Å². The predicted molar refractivity (Wildman–Crippen MR) is 118 cm³/mol. The zero-order chi connectivity index (χ0) is 24.0. The van der Waals surface area contributed by atoms with Gasteiger partial charge in [-0.15, -0.1) is 0 Å². The second kappa shape index (κ2) is 8.38. The van der Waals surface area contributed by atoms with E-state index in [1.54, 1.807) is 11.0 Å². The average Bonchev–Trinajstić information content (AvgIpc) is 3.18. The molecule has 5 nitrogen and oxygen atoms in total. The van der Waals surface area contributed by atoms with Gasteiger partial charge in [0.2, 0.25) is 0 Å². The molecule has 1 N–H and O–H groups in total. The summed E-state index contributed by atoms with van der Waals surface area (Å²) < 4.78 is 40.3. The topological polar surface area (TPSA) is 67.6 Å². The number of benzene rings is 2. The first-order valence-electron chi connectivity index (χ1n) is 10.9. The van der Waals surface area contributed by atoms with Gasteiger partial charge in [-0.1, -0.05) is 17.7 Å². The molecule has 1 amide bonds. The molecule has 0 saturated carbocycles. The van der Waals surface area contributed by atoms with Crippen molar-refractivity contribution in [2.24, 2.45) is 11.3 Å². The molecule has 0 aliphatic carbocycles. The Morgan fingerprint density at radius 3 is 2.64 bits per heavy atom. The van der Waals surface area contributed by atoms with Crippen LogP contribution in [0.5, 0.6) is 0 Å². The third-order valence-corrected chi connectivity index (χ3v) is 7.15. The number of amides is 1. The molecular formula is C25H26F3N3O2. The van der Waals surface area contributed by atoms with Crippen molar-refractivity contribution < 1.29 is 23.1 Å². The van der Waals surface area contributed by atoms with Gasteiger partial charge in [-0.05, 0) is 50.1 Å². The quantitative estimate of drug-likeness (QED) is 0.752. The Bertz CT molecular complexity index is 1120. The second-order valence-electron chi connectivity index (χ2n) is 9.26. The lowest BCUT2D eigenvalue weighted by Gasteiger charge is -2.42. The first-order chi connectivity index (χ1) is 15.6. The number of halogens is 3. The molecule has 0 unspecified atom stereocenters. The van der Waals surface area contributed by atoms with Gasteiger partial charge in [0.15, 0.2) is 0 Å². The van der Waals surface area contributed by atoms with Crippen molar-refractivity contribution in [3.63, 3.8) is 0 Å². The molecule has 0 radical (unpaired) electrons. The lowest BCUT2D eigenvalue weighted by molar-refractivity contribution is -0.137. The van der Waals surface area contributed by atoms with Gasteiger partial charge >= 0.3 is 6.18 Å². The molecule has 2 aliphatic rings. The summed E-state index contributed by atoms with van der Waals surface area (Å²) in [5, 5.41) is 19.3. The van der Waals surface area contributed by atoms with Crippen LogP contribution in [0.15, 0.2) is 36.4 Å². The van der Waals surface area contributed by atoms with Crippen molar-refractivity contribution in [1.29, 1.82) is 5.26 Å². The van der Waals surface area contributed by atoms with E-state index in [0.29, 0.717) is 43.9 Å². The molecule has 4 rings (SSSR count). The number of nitrogens with zero attached hydrogens (tertiary/aromatic N) is 3. The highest BCUT2D eigenvalue weighted by molar-refractivity contribution is 5.96. The van der Waals surface area contributed by atoms with Crippen LogP contribution < -0.4 is 4.90 Å². The Balaban J connectivity index is 1.59. The second-order valence-corrected chi connectivity index (χ2v) is 9.26. The van der Waals surface area contributed by atoms with Crippen molar-refractivity contribution in [1.82, 2.24) is 4.90 Å². The number of hydrogen-bond donors (Lipinski definition) is 1. The fourth-order valence-corrected chi connectivity index (χ4v) is 5.12. The number of carbonyl (C=O) groups is 1. The van der Waals surface area contributed by atoms with Crippen LogP contribution in [0.3, 0.4) is 0 Å². The zero-order valence-electron chi connectivity index (χ0n) is 18.6. The SMILES string of the molecule is Cc1ccc(C)c(C(=O)N2CC[C@@]3(CO)CN(c4ccc(C#N)c(C(F)(F)F)c4)C[C@H]3C2)c1. The van der Waals surface area contributed by atoms with Crippen molar-refractivity contribution >= 4 is 11.6 Å². The standard InChI is InChI=1S/C25H26F3N3O2/c1-16-3-4-17(2)21(9-16)23(33)30-8-7-24(15-32)14-31(13-19(24)12-30)20-6-5-18(11-29)22(10-20)25(26,27)28/h3-6,9-10,19,32H,7-8,12-15H2,1-2H3/t19-,24+/m1/s1. The number of rotatable bonds is 3. The maximum absolute atomic E-state index is 13.4. The third kappa shape index (κ3) is 4.18. The molecule has 0 bridgehead atoms. The number of fused-ring (bicyclic) bond motifs is 1. The van der Waals surface area contributed by atoms with Crippen LogP contribution in [0, 0.1) is 36.5 Å². The fourth-order valence-electron chi connectivity index (χ4n) is 5.12. The maximum atomic E-state index is 13.4. The Morgan fingerprint density at radius 1 is 1.21 bits per heavy atom. The van der Waals surface area contributed by atoms with Gasteiger partial charge in [0.05, 0.1) is 23.8 Å². The lowest BCUT2D eigenvalue weighted by Crippen LogP contribution is -2.50. The van der Waals surface area contributed by atoms with Crippen molar-refractivity contribution in [2.75, 3.05) is 37.7 Å². The van der Waals surface area contributed by atoms with E-state index in [2.05, 4.69) is 0 Å². The van der Waals surface area contributed by atoms with Crippen LogP contribution >= 0.6 is 0 Å². The molecule has 2 fully saturated rings. The van der Waals surface area contributed by atoms with Gasteiger partial charge in [-0.25, -0.2) is 0 Å². The van der Waals surface area contributed by atoms with Crippen LogP contribution in [0.4, 0.5) is 18.9 Å². The summed E-state index contributed by atoms with van der Waals surface area (Å²) in [6, 6.07) is 11.1. The number of likely N-dealkylation sites (tertiary alicyclic amines) is 1. The van der Waals surface area contributed by atoms with E-state index in [-0.39, 0.29) is 18.4 Å². The highest BCUT2D eigenvalue weighted by Crippen LogP contribution is 2.45. The summed E-state index contributed by atoms with van der Waals surface area (Å²) in [5.74, 6) is -0.130. The summed E-state index contributed by atoms with van der Waals surface area (Å²) in [6.45, 7) is 5.50. The summed E-state index contributed by atoms with van der Waals surface area (Å²) in [5.41, 5.74) is 1.07. The molecule has 0 spiro atoms. The van der Waals surface area contributed by atoms with E-state index in [0.717, 1.165) is 17.2 Å². The third-order valence-electron chi connectivity index (χ3n) is 7.15. The van der Waals surface area contributed by atoms with Crippen LogP contribution in [0.25, 0.3) is 0 Å². The van der Waals surface area contributed by atoms with Gasteiger partial charge in [0.25, 0.3) is 5.91 Å². The minimum atomic E-state index is -4.63. The highest BCUT2D eigenvalue weighted by Gasteiger charge is 2.50. The molecule has 8 heteroatoms. The van der Waals surface area contributed by atoms with Crippen molar-refractivity contribution in [3.05, 3.63) is 64.2 Å². The summed E-state index contributed by atoms with van der Waals surface area (Å²) in [4.78, 5) is 16.9. The zero-order valence-corrected chi connectivity index (χ0v) is 18.6. The van der Waals surface area contributed by atoms with E-state index in [1.165, 1.54) is 12.1 Å². The molecule has 174 valence electrons. The molecule has 2 aromatic rings. The van der Waals surface area contributed by atoms with Crippen LogP contribution in [0.2, 0.25) is 0 Å². The molecule has 2 atom stereocenters. The van der Waals surface area contributed by atoms with Gasteiger partial charge in [-0.3, -0.25) is 4.79 Å². The summed E-state index contributed by atoms with van der Waals surface area (Å²) in [7, 11) is 0. The first-order valence-corrected chi connectivity index (χ1v) is 10.9. The Kier molecular flexibility index (Phi) is 5.87. The minimum Gasteiger partial charge on any atom is -0.396 e. The summed E-state index contributed by atoms with van der Waals surface area (Å²) >= 11 is 0. The highest BCUT2D eigenvalue weighted by atomic mass is 19.4. The number of anilines is 1. The van der Waals surface area contributed by atoms with E-state index in [9.17, 15) is 23.1 Å². The fraction of sp³-hybridized carbons (Fsp3) is 0.440. The lowest BCUT2D eigenvalue weighted by atomic mass is 9.73. The molecule has 2 heterocycles. The van der Waals surface area contributed by atoms with E-state index in [4.69, 9.17) is 5.26 Å². The average molecular weight is 457 g/mol. The van der Waals surface area contributed by atoms with Gasteiger partial charge in [-0.2, -0.15) is 18.4 Å². The number of aryl methyl sites for hydroxylation is 2. The van der Waals surface area contributed by atoms with Crippen LogP contribution in [-0.4, -0.2) is 48.7 Å². The number of piperidine rings is 1. The Hall–Kier alpha value is -3.05. The van der Waals surface area contributed by atoms with E-state index in [1.807, 2.05) is 36.9 Å². The van der Waals surface area contributed by atoms with Gasteiger partial charge in [0, 0.05) is 48.8 Å². The number of alkyl halides is 3. The number of hydrogen-bond acceptors (Lipinski definition) is 4. The maximum Gasteiger partial charge on any atom is 0.417 e. The molecule has 2 saturated heterocycles. The molecule has 0 aromatic heterocycles. The number of carbonyl (C=O) groups excluding carboxylic acids is 1. The van der Waals surface area contributed by atoms with Crippen molar-refractivity contribution in [3.8, 4) is 6.07 Å². The molecule has 2 aromatic carbocycles. The predicted octanol–water partition coefficient (Wildman–Crippen LogP) is 4.15. The van der Waals surface area contributed by atoms with E-state index >= 15 is 0 Å². The number of aliphatic hydroxyl groups is 1. The first kappa shape index (κ1) is 23.1. The Morgan fingerprint density at radius 2 is 1.97 bits per heavy atom. The molecule has 2 aliphatic heterocycles. The monoisotopic (exact) mass is 457 g/mol. The van der Waals surface area contributed by atoms with Crippen LogP contribution in [-0.2, 0) is 6.18 Å². The van der Waals surface area contributed by atoms with E-state index < -0.39 is 22.7 Å². The molecule has 33 heavy (non-hydrogen) atoms. The normalized spacial score (nSPS) is 22.8. The van der Waals surface area contributed by atoms with Crippen LogP contribution in [0.1, 0.15) is 39.0 Å². The van der Waals surface area contributed by atoms with Crippen molar-refractivity contribution in [2.45, 2.75) is 26.4 Å². The number of aliphatic hydroxyl groups excluding tert-OH is 1. The minimum absolute atomic E-state index is 0.0566. The summed E-state index contributed by atoms with van der Waals surface area (Å²) in [6.07, 6.45) is -4.05. The van der Waals surface area contributed by atoms with Gasteiger partial charge < -0.3 is 14.9 Å². The Labute approximate surface area is 191 Å².